The van der Waals surface area contributed by atoms with Crippen molar-refractivity contribution in [3.8, 4) is 0 Å². The molecule has 2 saturated carbocycles. The molecule has 4 heterocycles. The van der Waals surface area contributed by atoms with E-state index in [0.717, 1.165) is 0 Å². The van der Waals surface area contributed by atoms with Crippen molar-refractivity contribution >= 4 is 29.8 Å². The van der Waals surface area contributed by atoms with Gasteiger partial charge in [0.2, 0.25) is 5.60 Å². The maximum absolute atomic E-state index is 14.4. The van der Waals surface area contributed by atoms with Gasteiger partial charge in [-0.1, -0.05) is 26.2 Å². The quantitative estimate of drug-likeness (QED) is 0.205. The molecule has 6 rings (SSSR count). The highest BCUT2D eigenvalue weighted by Gasteiger charge is 3.01. The van der Waals surface area contributed by atoms with Crippen molar-refractivity contribution in [2.24, 2.45) is 16.2 Å². The van der Waals surface area contributed by atoms with Gasteiger partial charge in [-0.15, -0.1) is 0 Å². The normalized spacial score (nSPS) is 47.4. The van der Waals surface area contributed by atoms with Gasteiger partial charge in [0, 0.05) is 24.3 Å². The SMILES string of the molecule is C=C1C2(CCC(=O)OC2(C)C)CC(OC(=O)C(C)=CC)C2(C)C13OC14C(=O)OC(C)(C(=C)C12C(=O)OC4C)C3OC(C)=O. The Morgan fingerprint density at radius 2 is 1.60 bits per heavy atom. The molecule has 11 heteroatoms. The third kappa shape index (κ3) is 2.72. The smallest absolute Gasteiger partial charge is 0.345 e. The van der Waals surface area contributed by atoms with Gasteiger partial charge in [0.15, 0.2) is 11.7 Å². The molecule has 0 aromatic heterocycles. The van der Waals surface area contributed by atoms with Gasteiger partial charge < -0.3 is 28.4 Å². The molecule has 43 heavy (non-hydrogen) atoms. The van der Waals surface area contributed by atoms with Gasteiger partial charge in [-0.2, -0.15) is 0 Å². The van der Waals surface area contributed by atoms with E-state index in [1.165, 1.54) is 20.8 Å². The molecular formula is C32H38O11. The molecule has 0 aromatic rings. The molecule has 2 spiro atoms. The van der Waals surface area contributed by atoms with Crippen LogP contribution in [0.2, 0.25) is 0 Å². The van der Waals surface area contributed by atoms with E-state index >= 15 is 0 Å². The summed E-state index contributed by atoms with van der Waals surface area (Å²) in [6, 6.07) is 0. The zero-order valence-electron chi connectivity index (χ0n) is 25.8. The van der Waals surface area contributed by atoms with Crippen LogP contribution in [0.4, 0.5) is 0 Å². The summed E-state index contributed by atoms with van der Waals surface area (Å²) < 4.78 is 37.3. The number of hydrogen-bond donors (Lipinski definition) is 0. The van der Waals surface area contributed by atoms with Gasteiger partial charge in [0.1, 0.15) is 28.8 Å². The van der Waals surface area contributed by atoms with Crippen molar-refractivity contribution in [1.29, 1.82) is 0 Å². The molecule has 232 valence electrons. The Bertz CT molecular complexity index is 1490. The summed E-state index contributed by atoms with van der Waals surface area (Å²) >= 11 is 0. The fraction of sp³-hybridized carbons (Fsp3) is 0.656. The van der Waals surface area contributed by atoms with Crippen LogP contribution in [-0.4, -0.2) is 70.6 Å². The van der Waals surface area contributed by atoms with Gasteiger partial charge in [-0.3, -0.25) is 14.4 Å². The summed E-state index contributed by atoms with van der Waals surface area (Å²) in [4.78, 5) is 67.7. The molecule has 6 fully saturated rings. The Balaban J connectivity index is 1.76. The molecule has 2 aliphatic carbocycles. The molecule has 6 aliphatic rings. The molecule has 0 N–H and O–H groups in total. The van der Waals surface area contributed by atoms with Crippen LogP contribution in [0.1, 0.15) is 74.7 Å². The average molecular weight is 599 g/mol. The van der Waals surface area contributed by atoms with Crippen LogP contribution in [0.5, 0.6) is 0 Å². The van der Waals surface area contributed by atoms with E-state index in [0.29, 0.717) is 11.1 Å². The summed E-state index contributed by atoms with van der Waals surface area (Å²) in [5, 5.41) is 0. The first-order valence-corrected chi connectivity index (χ1v) is 14.6. The molecule has 0 aromatic carbocycles. The second-order valence-corrected chi connectivity index (χ2v) is 13.7. The summed E-state index contributed by atoms with van der Waals surface area (Å²) in [5.74, 6) is -3.43. The minimum atomic E-state index is -2.07. The van der Waals surface area contributed by atoms with Crippen LogP contribution in [0.15, 0.2) is 36.0 Å². The number of carbonyl (C=O) groups excluding carboxylic acids is 5. The second-order valence-electron chi connectivity index (χ2n) is 13.7. The van der Waals surface area contributed by atoms with Crippen LogP contribution in [0.3, 0.4) is 0 Å². The van der Waals surface area contributed by atoms with Gasteiger partial charge in [0.05, 0.1) is 5.41 Å². The van der Waals surface area contributed by atoms with E-state index in [9.17, 15) is 24.0 Å². The predicted molar refractivity (Wildman–Crippen MR) is 147 cm³/mol. The maximum Gasteiger partial charge on any atom is 0.345 e. The van der Waals surface area contributed by atoms with Gasteiger partial charge >= 0.3 is 29.8 Å². The summed E-state index contributed by atoms with van der Waals surface area (Å²) in [7, 11) is 0. The Kier molecular flexibility index (Phi) is 5.62. The van der Waals surface area contributed by atoms with E-state index in [-0.39, 0.29) is 24.8 Å². The Labute approximate surface area is 249 Å². The van der Waals surface area contributed by atoms with E-state index in [1.54, 1.807) is 40.7 Å². The number of cyclic esters (lactones) is 2. The number of carbonyl (C=O) groups is 5. The summed E-state index contributed by atoms with van der Waals surface area (Å²) in [6.45, 7) is 21.6. The van der Waals surface area contributed by atoms with Crippen molar-refractivity contribution < 1.29 is 52.4 Å². The highest BCUT2D eigenvalue weighted by molar-refractivity contribution is 6.03. The number of ether oxygens (including phenoxy) is 6. The lowest BCUT2D eigenvalue weighted by atomic mass is 9.34. The molecule has 11 nitrogen and oxygen atoms in total. The topological polar surface area (TPSA) is 141 Å². The van der Waals surface area contributed by atoms with Gasteiger partial charge in [0.25, 0.3) is 0 Å². The van der Waals surface area contributed by atoms with E-state index < -0.39 is 86.8 Å². The lowest BCUT2D eigenvalue weighted by Crippen LogP contribution is -2.82. The molecule has 0 radical (unpaired) electrons. The van der Waals surface area contributed by atoms with Crippen LogP contribution in [0, 0.1) is 16.2 Å². The fourth-order valence-corrected chi connectivity index (χ4v) is 9.62. The van der Waals surface area contributed by atoms with Crippen LogP contribution >= 0.6 is 0 Å². The fourth-order valence-electron chi connectivity index (χ4n) is 9.62. The lowest BCUT2D eigenvalue weighted by Gasteiger charge is -2.69. The Morgan fingerprint density at radius 1 is 0.953 bits per heavy atom. The van der Waals surface area contributed by atoms with Crippen molar-refractivity contribution in [3.63, 3.8) is 0 Å². The first kappa shape index (κ1) is 29.6. The first-order chi connectivity index (χ1) is 19.8. The van der Waals surface area contributed by atoms with Gasteiger partial charge in [-0.05, 0) is 65.5 Å². The molecule has 9 unspecified atom stereocenters. The summed E-state index contributed by atoms with van der Waals surface area (Å²) in [5.41, 5.74) is -10.8. The largest absolute Gasteiger partial charge is 0.459 e. The molecule has 4 aliphatic heterocycles. The number of rotatable bonds is 3. The molecular weight excluding hydrogens is 560 g/mol. The number of hydrogen-bond acceptors (Lipinski definition) is 11. The van der Waals surface area contributed by atoms with Crippen molar-refractivity contribution in [3.05, 3.63) is 36.0 Å². The zero-order valence-corrected chi connectivity index (χ0v) is 25.8. The zero-order chi connectivity index (χ0) is 31.9. The highest BCUT2D eigenvalue weighted by Crippen LogP contribution is 2.85. The van der Waals surface area contributed by atoms with E-state index in [4.69, 9.17) is 28.4 Å². The standard InChI is InChI=1S/C32H38O11/c1-11-15(2)22(35)40-20-14-29(13-12-21(34)41-26(29,7)8)17(4)31-23(39-19(6)33)27(9)16(3)30(28(20,31)10)24(36)38-18(5)32(30,43-31)25(37)42-27/h11,18,20,23H,3-4,12-14H2,1-2,5-10H3. The first-order valence-electron chi connectivity index (χ1n) is 14.6. The molecule has 0 amide bonds. The third-order valence-electron chi connectivity index (χ3n) is 11.9. The number of fused-ring (bicyclic) bond motifs is 1. The predicted octanol–water partition coefficient (Wildman–Crippen LogP) is 3.19. The van der Waals surface area contributed by atoms with Crippen molar-refractivity contribution in [2.75, 3.05) is 0 Å². The maximum atomic E-state index is 14.4. The minimum Gasteiger partial charge on any atom is -0.459 e. The monoisotopic (exact) mass is 598 g/mol. The number of esters is 5. The summed E-state index contributed by atoms with van der Waals surface area (Å²) in [6.07, 6.45) is -1.81. The number of allylic oxidation sites excluding steroid dienone is 1. The van der Waals surface area contributed by atoms with Gasteiger partial charge in [-0.25, -0.2) is 9.59 Å². The Hall–Kier alpha value is -3.47. The Morgan fingerprint density at radius 3 is 2.19 bits per heavy atom. The molecule has 4 saturated heterocycles. The van der Waals surface area contributed by atoms with E-state index in [2.05, 4.69) is 13.2 Å². The molecule has 3 bridgehead atoms. The molecule has 9 atom stereocenters. The van der Waals surface area contributed by atoms with Crippen LogP contribution < -0.4 is 0 Å². The third-order valence-corrected chi connectivity index (χ3v) is 11.9. The van der Waals surface area contributed by atoms with Crippen LogP contribution in [0.25, 0.3) is 0 Å². The lowest BCUT2D eigenvalue weighted by molar-refractivity contribution is -0.272. The van der Waals surface area contributed by atoms with Crippen molar-refractivity contribution in [2.45, 2.75) is 115 Å². The highest BCUT2D eigenvalue weighted by atomic mass is 16.7. The average Bonchev–Trinajstić information content (AvgIpc) is 3.23. The minimum absolute atomic E-state index is 0.0240. The van der Waals surface area contributed by atoms with Crippen LogP contribution in [-0.2, 0) is 52.4 Å². The van der Waals surface area contributed by atoms with Crippen molar-refractivity contribution in [1.82, 2.24) is 0 Å². The second kappa shape index (κ2) is 8.16. The van der Waals surface area contributed by atoms with E-state index in [1.807, 2.05) is 0 Å².